The molecule has 0 unspecified atom stereocenters. The van der Waals surface area contributed by atoms with Crippen molar-refractivity contribution in [3.05, 3.63) is 66.2 Å². The maximum atomic E-state index is 5.88. The van der Waals surface area contributed by atoms with Crippen LogP contribution < -0.4 is 5.73 Å². The summed E-state index contributed by atoms with van der Waals surface area (Å²) < 4.78 is 2.13. The number of imidazole rings is 1. The Kier molecular flexibility index (Phi) is 2.75. The third-order valence-electron chi connectivity index (χ3n) is 3.46. The van der Waals surface area contributed by atoms with Gasteiger partial charge in [-0.1, -0.05) is 42.5 Å². The van der Waals surface area contributed by atoms with Crippen molar-refractivity contribution in [3.63, 3.8) is 0 Å². The number of hydrogen-bond donors (Lipinski definition) is 1. The highest BCUT2D eigenvalue weighted by Crippen LogP contribution is 2.29. The molecule has 0 aliphatic rings. The van der Waals surface area contributed by atoms with Gasteiger partial charge in [0.1, 0.15) is 0 Å². The van der Waals surface area contributed by atoms with Crippen LogP contribution in [0.15, 0.2) is 66.2 Å². The van der Waals surface area contributed by atoms with E-state index in [1.807, 2.05) is 36.4 Å². The average molecular weight is 291 g/mol. The molecule has 2 N–H and O–H groups in total. The van der Waals surface area contributed by atoms with Crippen LogP contribution in [-0.4, -0.2) is 9.38 Å². The molecule has 21 heavy (non-hydrogen) atoms. The fourth-order valence-electron chi connectivity index (χ4n) is 2.44. The lowest BCUT2D eigenvalue weighted by Crippen LogP contribution is -1.87. The minimum atomic E-state index is 0.773. The van der Waals surface area contributed by atoms with Crippen LogP contribution >= 0.6 is 11.3 Å². The molecular weight excluding hydrogens is 278 g/mol. The maximum Gasteiger partial charge on any atom is 0.194 e. The van der Waals surface area contributed by atoms with Crippen molar-refractivity contribution in [2.45, 2.75) is 0 Å². The van der Waals surface area contributed by atoms with Gasteiger partial charge >= 0.3 is 0 Å². The van der Waals surface area contributed by atoms with E-state index in [0.717, 1.165) is 33.2 Å². The van der Waals surface area contributed by atoms with Gasteiger partial charge in [-0.05, 0) is 12.1 Å². The second-order valence-electron chi connectivity index (χ2n) is 4.89. The van der Waals surface area contributed by atoms with Crippen molar-refractivity contribution in [1.82, 2.24) is 9.38 Å². The van der Waals surface area contributed by atoms with Crippen LogP contribution in [0.5, 0.6) is 0 Å². The summed E-state index contributed by atoms with van der Waals surface area (Å²) in [5.74, 6) is 0. The lowest BCUT2D eigenvalue weighted by molar-refractivity contribution is 1.24. The molecule has 3 nitrogen and oxygen atoms in total. The summed E-state index contributed by atoms with van der Waals surface area (Å²) in [5.41, 5.74) is 11.0. The van der Waals surface area contributed by atoms with Gasteiger partial charge in [-0.25, -0.2) is 4.98 Å². The van der Waals surface area contributed by atoms with E-state index in [1.54, 1.807) is 11.3 Å². The van der Waals surface area contributed by atoms with Gasteiger partial charge < -0.3 is 5.73 Å². The van der Waals surface area contributed by atoms with Crippen molar-refractivity contribution in [2.75, 3.05) is 5.73 Å². The first-order chi connectivity index (χ1) is 10.3. The van der Waals surface area contributed by atoms with E-state index in [4.69, 9.17) is 10.7 Å². The van der Waals surface area contributed by atoms with Gasteiger partial charge in [0.15, 0.2) is 4.96 Å². The van der Waals surface area contributed by atoms with Crippen molar-refractivity contribution in [1.29, 1.82) is 0 Å². The molecule has 0 bridgehead atoms. The zero-order valence-electron chi connectivity index (χ0n) is 11.2. The first-order valence-corrected chi connectivity index (χ1v) is 7.57. The molecular formula is C17H13N3S. The maximum absolute atomic E-state index is 5.88. The normalized spacial score (nSPS) is 11.0. The van der Waals surface area contributed by atoms with Crippen molar-refractivity contribution in [2.24, 2.45) is 0 Å². The number of fused-ring (bicyclic) bond motifs is 1. The molecule has 0 aliphatic carbocycles. The number of rotatable bonds is 2. The van der Waals surface area contributed by atoms with E-state index in [1.165, 1.54) is 0 Å². The molecule has 0 atom stereocenters. The van der Waals surface area contributed by atoms with Gasteiger partial charge in [-0.2, -0.15) is 0 Å². The Morgan fingerprint density at radius 1 is 0.952 bits per heavy atom. The number of nitrogens with zero attached hydrogens (tertiary/aromatic N) is 2. The average Bonchev–Trinajstić information content (AvgIpc) is 3.08. The molecule has 0 amide bonds. The second-order valence-corrected chi connectivity index (χ2v) is 5.73. The largest absolute Gasteiger partial charge is 0.399 e. The number of aromatic nitrogens is 2. The van der Waals surface area contributed by atoms with Crippen LogP contribution in [0.25, 0.3) is 27.5 Å². The Bertz CT molecular complexity index is 906. The number of hydrogen-bond acceptors (Lipinski definition) is 3. The third kappa shape index (κ3) is 2.10. The lowest BCUT2D eigenvalue weighted by Gasteiger charge is -2.01. The minimum absolute atomic E-state index is 0.773. The molecule has 0 saturated carbocycles. The smallest absolute Gasteiger partial charge is 0.194 e. The quantitative estimate of drug-likeness (QED) is 0.559. The standard InChI is InChI=1S/C17H13N3S/c18-14-8-4-7-13(9-14)16-11-21-17-19-15(10-20(16)17)12-5-2-1-3-6-12/h1-11H,18H2. The predicted molar refractivity (Wildman–Crippen MR) is 88.4 cm³/mol. The SMILES string of the molecule is Nc1cccc(-c2csc3nc(-c4ccccc4)cn23)c1. The molecule has 2 aromatic carbocycles. The molecule has 0 aliphatic heterocycles. The highest BCUT2D eigenvalue weighted by Gasteiger charge is 2.10. The molecule has 0 fully saturated rings. The van der Waals surface area contributed by atoms with Gasteiger partial charge in [0.2, 0.25) is 0 Å². The Morgan fingerprint density at radius 3 is 2.57 bits per heavy atom. The van der Waals surface area contributed by atoms with Crippen molar-refractivity contribution < 1.29 is 0 Å². The molecule has 4 heteroatoms. The Hall–Kier alpha value is -2.59. The van der Waals surface area contributed by atoms with E-state index < -0.39 is 0 Å². The van der Waals surface area contributed by atoms with Crippen LogP contribution in [0, 0.1) is 0 Å². The topological polar surface area (TPSA) is 43.3 Å². The number of nitrogen functional groups attached to an aromatic ring is 1. The van der Waals surface area contributed by atoms with Crippen LogP contribution in [0.1, 0.15) is 0 Å². The van der Waals surface area contributed by atoms with Gasteiger partial charge in [0.05, 0.1) is 11.4 Å². The van der Waals surface area contributed by atoms with Crippen molar-refractivity contribution in [3.8, 4) is 22.5 Å². The summed E-state index contributed by atoms with van der Waals surface area (Å²) in [6.45, 7) is 0. The Balaban J connectivity index is 1.87. The van der Waals surface area contributed by atoms with Crippen LogP contribution in [0.2, 0.25) is 0 Å². The molecule has 102 valence electrons. The minimum Gasteiger partial charge on any atom is -0.399 e. The summed E-state index contributed by atoms with van der Waals surface area (Å²) in [4.78, 5) is 5.69. The number of benzene rings is 2. The fraction of sp³-hybridized carbons (Fsp3) is 0. The Labute approximate surface area is 126 Å². The summed E-state index contributed by atoms with van der Waals surface area (Å²) in [5, 5.41) is 2.12. The van der Waals surface area contributed by atoms with E-state index in [9.17, 15) is 0 Å². The number of thiazole rings is 1. The van der Waals surface area contributed by atoms with Crippen molar-refractivity contribution >= 4 is 22.0 Å². The predicted octanol–water partition coefficient (Wildman–Crippen LogP) is 4.31. The Morgan fingerprint density at radius 2 is 1.76 bits per heavy atom. The molecule has 4 aromatic rings. The van der Waals surface area contributed by atoms with Gasteiger partial charge in [-0.15, -0.1) is 11.3 Å². The molecule has 4 rings (SSSR count). The van der Waals surface area contributed by atoms with E-state index in [2.05, 4.69) is 34.2 Å². The van der Waals surface area contributed by atoms with E-state index in [-0.39, 0.29) is 0 Å². The molecule has 0 saturated heterocycles. The summed E-state index contributed by atoms with van der Waals surface area (Å²) in [7, 11) is 0. The van der Waals surface area contributed by atoms with Crippen LogP contribution in [0.3, 0.4) is 0 Å². The van der Waals surface area contributed by atoms with E-state index in [0.29, 0.717) is 0 Å². The molecule has 0 spiro atoms. The first-order valence-electron chi connectivity index (χ1n) is 6.69. The third-order valence-corrected chi connectivity index (χ3v) is 4.30. The summed E-state index contributed by atoms with van der Waals surface area (Å²) in [6, 6.07) is 18.2. The monoisotopic (exact) mass is 291 g/mol. The highest BCUT2D eigenvalue weighted by molar-refractivity contribution is 7.15. The molecule has 0 radical (unpaired) electrons. The number of nitrogens with two attached hydrogens (primary N) is 1. The van der Waals surface area contributed by atoms with Gasteiger partial charge in [-0.3, -0.25) is 4.40 Å². The second kappa shape index (κ2) is 4.75. The summed E-state index contributed by atoms with van der Waals surface area (Å²) in [6.07, 6.45) is 2.08. The van der Waals surface area contributed by atoms with Gasteiger partial charge in [0.25, 0.3) is 0 Å². The molecule has 2 aromatic heterocycles. The van der Waals surface area contributed by atoms with Gasteiger partial charge in [0, 0.05) is 28.4 Å². The van der Waals surface area contributed by atoms with E-state index >= 15 is 0 Å². The number of anilines is 1. The fourth-order valence-corrected chi connectivity index (χ4v) is 3.32. The zero-order chi connectivity index (χ0) is 14.2. The lowest BCUT2D eigenvalue weighted by atomic mass is 10.1. The van der Waals surface area contributed by atoms with Crippen LogP contribution in [0.4, 0.5) is 5.69 Å². The molecule has 2 heterocycles. The first kappa shape index (κ1) is 12.2. The highest BCUT2D eigenvalue weighted by atomic mass is 32.1. The van der Waals surface area contributed by atoms with Crippen LogP contribution in [-0.2, 0) is 0 Å². The summed E-state index contributed by atoms with van der Waals surface area (Å²) >= 11 is 1.64. The zero-order valence-corrected chi connectivity index (χ0v) is 12.0.